The highest BCUT2D eigenvalue weighted by Gasteiger charge is 2.57. The number of hydrogen-bond donors (Lipinski definition) is 0. The summed E-state index contributed by atoms with van der Waals surface area (Å²) in [6, 6.07) is 2.86. The molecule has 70 valence electrons. The standard InChI is InChI=1S/C8H5Cl2F2N/c9-6-1-4(2-7(10)13-6)5-3-8(5,11)12/h1-2,5H,3H2. The lowest BCUT2D eigenvalue weighted by atomic mass is 10.2. The number of hydrogen-bond acceptors (Lipinski definition) is 1. The Hall–Kier alpha value is -0.410. The van der Waals surface area contributed by atoms with Crippen molar-refractivity contribution in [2.75, 3.05) is 0 Å². The molecule has 1 aromatic rings. The first kappa shape index (κ1) is 9.16. The van der Waals surface area contributed by atoms with Crippen molar-refractivity contribution in [3.8, 4) is 0 Å². The Labute approximate surface area is 83.7 Å². The molecule has 1 unspecified atom stereocenters. The predicted octanol–water partition coefficient (Wildman–Crippen LogP) is 3.51. The van der Waals surface area contributed by atoms with Gasteiger partial charge in [-0.3, -0.25) is 0 Å². The fraction of sp³-hybridized carbons (Fsp3) is 0.375. The van der Waals surface area contributed by atoms with Gasteiger partial charge in [0.05, 0.1) is 5.92 Å². The van der Waals surface area contributed by atoms with Gasteiger partial charge in [-0.05, 0) is 17.7 Å². The third-order valence-corrected chi connectivity index (χ3v) is 2.40. The molecule has 1 aliphatic rings. The van der Waals surface area contributed by atoms with Gasteiger partial charge in [0.1, 0.15) is 10.3 Å². The Bertz CT molecular complexity index is 334. The number of nitrogens with zero attached hydrogens (tertiary/aromatic N) is 1. The lowest BCUT2D eigenvalue weighted by Crippen LogP contribution is -1.93. The van der Waals surface area contributed by atoms with Gasteiger partial charge in [-0.25, -0.2) is 13.8 Å². The molecule has 0 N–H and O–H groups in total. The van der Waals surface area contributed by atoms with Gasteiger partial charge < -0.3 is 0 Å². The maximum absolute atomic E-state index is 12.6. The zero-order valence-corrected chi connectivity index (χ0v) is 7.91. The van der Waals surface area contributed by atoms with E-state index in [2.05, 4.69) is 4.98 Å². The van der Waals surface area contributed by atoms with Gasteiger partial charge >= 0.3 is 0 Å². The van der Waals surface area contributed by atoms with Gasteiger partial charge in [-0.2, -0.15) is 0 Å². The first-order chi connectivity index (χ1) is 5.99. The van der Waals surface area contributed by atoms with Crippen molar-refractivity contribution in [3.63, 3.8) is 0 Å². The topological polar surface area (TPSA) is 12.9 Å². The highest BCUT2D eigenvalue weighted by molar-refractivity contribution is 6.32. The van der Waals surface area contributed by atoms with Crippen LogP contribution in [0.25, 0.3) is 0 Å². The SMILES string of the molecule is FC1(F)CC1c1cc(Cl)nc(Cl)c1. The molecule has 0 aliphatic heterocycles. The molecule has 1 aromatic heterocycles. The minimum absolute atomic E-state index is 0.121. The molecule has 1 nitrogen and oxygen atoms in total. The highest BCUT2D eigenvalue weighted by Crippen LogP contribution is 2.56. The van der Waals surface area contributed by atoms with Gasteiger partial charge in [0, 0.05) is 6.42 Å². The third-order valence-electron chi connectivity index (χ3n) is 2.01. The molecule has 1 aliphatic carbocycles. The first-order valence-electron chi connectivity index (χ1n) is 3.70. The van der Waals surface area contributed by atoms with E-state index in [1.807, 2.05) is 0 Å². The second kappa shape index (κ2) is 2.79. The Kier molecular flexibility index (Phi) is 1.96. The Morgan fingerprint density at radius 3 is 2.15 bits per heavy atom. The number of aromatic nitrogens is 1. The molecule has 0 aromatic carbocycles. The van der Waals surface area contributed by atoms with Crippen LogP contribution in [0.1, 0.15) is 17.9 Å². The monoisotopic (exact) mass is 223 g/mol. The molecule has 0 spiro atoms. The zero-order valence-electron chi connectivity index (χ0n) is 6.40. The molecule has 1 heterocycles. The molecule has 2 rings (SSSR count). The number of halogens is 4. The van der Waals surface area contributed by atoms with Gasteiger partial charge in [0.15, 0.2) is 0 Å². The van der Waals surface area contributed by atoms with Crippen molar-refractivity contribution in [3.05, 3.63) is 28.0 Å². The van der Waals surface area contributed by atoms with Crippen LogP contribution in [0.5, 0.6) is 0 Å². The lowest BCUT2D eigenvalue weighted by Gasteiger charge is -2.00. The summed E-state index contributed by atoms with van der Waals surface area (Å²) in [6.45, 7) is 0. The average Bonchev–Trinajstić information content (AvgIpc) is 2.57. The van der Waals surface area contributed by atoms with E-state index in [9.17, 15) is 8.78 Å². The fourth-order valence-corrected chi connectivity index (χ4v) is 1.74. The van der Waals surface area contributed by atoms with Crippen molar-refractivity contribution in [1.82, 2.24) is 4.98 Å². The number of pyridine rings is 1. The van der Waals surface area contributed by atoms with Crippen LogP contribution in [0.15, 0.2) is 12.1 Å². The summed E-state index contributed by atoms with van der Waals surface area (Å²) in [5, 5.41) is 0.315. The summed E-state index contributed by atoms with van der Waals surface area (Å²) < 4.78 is 25.3. The molecule has 1 fully saturated rings. The molecular formula is C8H5Cl2F2N. The van der Waals surface area contributed by atoms with Crippen LogP contribution in [0.2, 0.25) is 10.3 Å². The van der Waals surface area contributed by atoms with Crippen LogP contribution >= 0.6 is 23.2 Å². The maximum atomic E-state index is 12.6. The minimum atomic E-state index is -2.59. The molecule has 1 saturated carbocycles. The maximum Gasteiger partial charge on any atom is 0.255 e. The third kappa shape index (κ3) is 1.76. The molecule has 0 amide bonds. The fourth-order valence-electron chi connectivity index (χ4n) is 1.26. The van der Waals surface area contributed by atoms with Crippen molar-refractivity contribution in [2.45, 2.75) is 18.3 Å². The number of rotatable bonds is 1. The van der Waals surface area contributed by atoms with Crippen LogP contribution < -0.4 is 0 Å². The lowest BCUT2D eigenvalue weighted by molar-refractivity contribution is 0.112. The second-order valence-electron chi connectivity index (χ2n) is 3.06. The predicted molar refractivity (Wildman–Crippen MR) is 46.6 cm³/mol. The Balaban J connectivity index is 2.32. The van der Waals surface area contributed by atoms with Crippen LogP contribution in [0.3, 0.4) is 0 Å². The average molecular weight is 224 g/mol. The highest BCUT2D eigenvalue weighted by atomic mass is 35.5. The summed E-state index contributed by atoms with van der Waals surface area (Å²) in [6.07, 6.45) is -0.121. The van der Waals surface area contributed by atoms with E-state index < -0.39 is 11.8 Å². The van der Waals surface area contributed by atoms with Gasteiger partial charge in [0.2, 0.25) is 0 Å². The van der Waals surface area contributed by atoms with E-state index in [-0.39, 0.29) is 16.7 Å². The Morgan fingerprint density at radius 2 is 1.77 bits per heavy atom. The van der Waals surface area contributed by atoms with E-state index in [4.69, 9.17) is 23.2 Å². The number of alkyl halides is 2. The van der Waals surface area contributed by atoms with Crippen molar-refractivity contribution in [2.24, 2.45) is 0 Å². The molecular weight excluding hydrogens is 219 g/mol. The van der Waals surface area contributed by atoms with Gasteiger partial charge in [0.25, 0.3) is 5.92 Å². The quantitative estimate of drug-likeness (QED) is 0.665. The smallest absolute Gasteiger partial charge is 0.224 e. The van der Waals surface area contributed by atoms with Crippen LogP contribution in [0, 0.1) is 0 Å². The van der Waals surface area contributed by atoms with E-state index >= 15 is 0 Å². The minimum Gasteiger partial charge on any atom is -0.224 e. The van der Waals surface area contributed by atoms with Gasteiger partial charge in [-0.1, -0.05) is 23.2 Å². The van der Waals surface area contributed by atoms with Crippen LogP contribution in [-0.2, 0) is 0 Å². The Morgan fingerprint density at radius 1 is 1.31 bits per heavy atom. The summed E-state index contributed by atoms with van der Waals surface area (Å²) in [7, 11) is 0. The van der Waals surface area contributed by atoms with Crippen molar-refractivity contribution in [1.29, 1.82) is 0 Å². The molecule has 0 radical (unpaired) electrons. The summed E-state index contributed by atoms with van der Waals surface area (Å²) in [5.74, 6) is -3.32. The summed E-state index contributed by atoms with van der Waals surface area (Å²) >= 11 is 11.1. The molecule has 1 atom stereocenters. The van der Waals surface area contributed by atoms with Crippen molar-refractivity contribution >= 4 is 23.2 Å². The van der Waals surface area contributed by atoms with Crippen LogP contribution in [-0.4, -0.2) is 10.9 Å². The normalized spacial score (nSPS) is 24.5. The molecule has 13 heavy (non-hydrogen) atoms. The zero-order chi connectivity index (χ0) is 9.64. The molecule has 5 heteroatoms. The van der Waals surface area contributed by atoms with E-state index in [1.54, 1.807) is 0 Å². The van der Waals surface area contributed by atoms with E-state index in [1.165, 1.54) is 12.1 Å². The molecule has 0 saturated heterocycles. The summed E-state index contributed by atoms with van der Waals surface area (Å²) in [4.78, 5) is 3.68. The second-order valence-corrected chi connectivity index (χ2v) is 3.84. The van der Waals surface area contributed by atoms with Crippen LogP contribution in [0.4, 0.5) is 8.78 Å². The van der Waals surface area contributed by atoms with E-state index in [0.29, 0.717) is 5.56 Å². The first-order valence-corrected chi connectivity index (χ1v) is 4.45. The van der Waals surface area contributed by atoms with Gasteiger partial charge in [-0.15, -0.1) is 0 Å². The molecule has 0 bridgehead atoms. The van der Waals surface area contributed by atoms with Crippen molar-refractivity contribution < 1.29 is 8.78 Å². The van der Waals surface area contributed by atoms with E-state index in [0.717, 1.165) is 0 Å². The largest absolute Gasteiger partial charge is 0.255 e. The summed E-state index contributed by atoms with van der Waals surface area (Å²) in [5.41, 5.74) is 0.468.